The van der Waals surface area contributed by atoms with E-state index in [2.05, 4.69) is 42.4 Å². The third-order valence-electron chi connectivity index (χ3n) is 4.82. The lowest BCUT2D eigenvalue weighted by Gasteiger charge is -2.15. The van der Waals surface area contributed by atoms with Crippen molar-refractivity contribution in [3.8, 4) is 0 Å². The topological polar surface area (TPSA) is 50.7 Å². The van der Waals surface area contributed by atoms with Crippen LogP contribution in [0.2, 0.25) is 0 Å². The molecule has 2 rings (SSSR count). The molecular weight excluding hydrogens is 336 g/mol. The molecular formula is C23H32N2O2. The molecule has 0 saturated heterocycles. The predicted molar refractivity (Wildman–Crippen MR) is 114 cm³/mol. The van der Waals surface area contributed by atoms with Crippen LogP contribution in [0.15, 0.2) is 53.2 Å². The molecule has 0 fully saturated rings. The van der Waals surface area contributed by atoms with Gasteiger partial charge >= 0.3 is 6.09 Å². The van der Waals surface area contributed by atoms with Gasteiger partial charge in [0.15, 0.2) is 0 Å². The summed E-state index contributed by atoms with van der Waals surface area (Å²) in [5.41, 5.74) is 4.39. The number of carbonyl (C=O) groups excluding carboxylic acids is 1. The van der Waals surface area contributed by atoms with Gasteiger partial charge in [0.2, 0.25) is 0 Å². The van der Waals surface area contributed by atoms with Gasteiger partial charge in [0.1, 0.15) is 0 Å². The normalized spacial score (nSPS) is 14.8. The second kappa shape index (κ2) is 11.4. The number of carbonyl (C=O) groups is 1. The summed E-state index contributed by atoms with van der Waals surface area (Å²) >= 11 is 0. The molecule has 1 aliphatic rings. The number of hydrogen-bond donors (Lipinski definition) is 1. The van der Waals surface area contributed by atoms with Crippen molar-refractivity contribution in [1.82, 2.24) is 0 Å². The molecule has 0 bridgehead atoms. The zero-order chi connectivity index (χ0) is 19.5. The van der Waals surface area contributed by atoms with E-state index < -0.39 is 6.09 Å². The minimum atomic E-state index is -0.396. The summed E-state index contributed by atoms with van der Waals surface area (Å²) in [5.74, 6) is 0.595. The third kappa shape index (κ3) is 7.41. The van der Waals surface area contributed by atoms with Gasteiger partial charge in [-0.1, -0.05) is 38.5 Å². The van der Waals surface area contributed by atoms with E-state index >= 15 is 0 Å². The molecule has 146 valence electrons. The number of anilines is 1. The van der Waals surface area contributed by atoms with E-state index in [4.69, 9.17) is 4.74 Å². The number of nitrogens with one attached hydrogen (secondary N) is 1. The first-order chi connectivity index (χ1) is 13.1. The van der Waals surface area contributed by atoms with Crippen molar-refractivity contribution < 1.29 is 9.53 Å². The fourth-order valence-electron chi connectivity index (χ4n) is 3.25. The Morgan fingerprint density at radius 2 is 2.04 bits per heavy atom. The van der Waals surface area contributed by atoms with E-state index in [1.165, 1.54) is 24.0 Å². The summed E-state index contributed by atoms with van der Waals surface area (Å²) in [4.78, 5) is 16.3. The van der Waals surface area contributed by atoms with Gasteiger partial charge in [-0.05, 0) is 74.3 Å². The zero-order valence-corrected chi connectivity index (χ0v) is 16.8. The van der Waals surface area contributed by atoms with Gasteiger partial charge in [-0.15, -0.1) is 0 Å². The van der Waals surface area contributed by atoms with Gasteiger partial charge in [0.25, 0.3) is 0 Å². The highest BCUT2D eigenvalue weighted by atomic mass is 16.5. The minimum Gasteiger partial charge on any atom is -0.449 e. The molecule has 1 heterocycles. The lowest BCUT2D eigenvalue weighted by atomic mass is 9.92. The lowest BCUT2D eigenvalue weighted by Crippen LogP contribution is -2.14. The van der Waals surface area contributed by atoms with Crippen molar-refractivity contribution in [2.45, 2.75) is 65.2 Å². The predicted octanol–water partition coefficient (Wildman–Crippen LogP) is 6.61. The van der Waals surface area contributed by atoms with Crippen LogP contribution in [0.4, 0.5) is 10.5 Å². The molecule has 4 nitrogen and oxygen atoms in total. The molecule has 1 aromatic carbocycles. The summed E-state index contributed by atoms with van der Waals surface area (Å²) in [5, 5.41) is 2.80. The lowest BCUT2D eigenvalue weighted by molar-refractivity contribution is 0.160. The standard InChI is InChI=1S/C23H32N2O2/c1-4-8-20(5-2)21-12-14-22(15-13-21)25-23(26)27-16-7-11-19-10-6-9-18(3)24-17-19/h6,9,12-15,17,20H,4-5,7-8,10-11,16H2,1-3H3,(H,25,26). The fourth-order valence-corrected chi connectivity index (χ4v) is 3.25. The highest BCUT2D eigenvalue weighted by Gasteiger charge is 2.09. The molecule has 1 N–H and O–H groups in total. The molecule has 1 aliphatic heterocycles. The monoisotopic (exact) mass is 368 g/mol. The van der Waals surface area contributed by atoms with E-state index in [9.17, 15) is 4.79 Å². The Morgan fingerprint density at radius 1 is 1.26 bits per heavy atom. The Hall–Kier alpha value is -2.36. The maximum atomic E-state index is 12.0. The fraction of sp³-hybridized carbons (Fsp3) is 0.478. The number of aliphatic imine (C=N–C) groups is 1. The Labute approximate surface area is 163 Å². The van der Waals surface area contributed by atoms with Crippen molar-refractivity contribution in [3.05, 3.63) is 53.8 Å². The van der Waals surface area contributed by atoms with Gasteiger partial charge in [-0.2, -0.15) is 0 Å². The first-order valence-corrected chi connectivity index (χ1v) is 10.0. The van der Waals surface area contributed by atoms with Gasteiger partial charge in [0, 0.05) is 17.6 Å². The summed E-state index contributed by atoms with van der Waals surface area (Å²) in [6, 6.07) is 8.12. The second-order valence-corrected chi connectivity index (χ2v) is 7.04. The number of allylic oxidation sites excluding steroid dienone is 3. The van der Waals surface area contributed by atoms with Crippen LogP contribution in [-0.4, -0.2) is 18.4 Å². The van der Waals surface area contributed by atoms with E-state index in [-0.39, 0.29) is 0 Å². The van der Waals surface area contributed by atoms with E-state index in [0.29, 0.717) is 12.5 Å². The average Bonchev–Trinajstić information content (AvgIpc) is 2.88. The molecule has 0 saturated carbocycles. The number of ether oxygens (including phenoxy) is 1. The summed E-state index contributed by atoms with van der Waals surface area (Å²) < 4.78 is 5.30. The van der Waals surface area contributed by atoms with Crippen LogP contribution in [-0.2, 0) is 4.74 Å². The smallest absolute Gasteiger partial charge is 0.411 e. The number of nitrogens with zero attached hydrogens (tertiary/aromatic N) is 1. The maximum Gasteiger partial charge on any atom is 0.411 e. The Bertz CT molecular complexity index is 687. The van der Waals surface area contributed by atoms with Crippen LogP contribution in [0.25, 0.3) is 0 Å². The van der Waals surface area contributed by atoms with Gasteiger partial charge in [0.05, 0.1) is 6.61 Å². The van der Waals surface area contributed by atoms with Crippen LogP contribution in [0.1, 0.15) is 70.8 Å². The Kier molecular flexibility index (Phi) is 8.82. The van der Waals surface area contributed by atoms with Gasteiger partial charge in [-0.25, -0.2) is 4.79 Å². The number of benzene rings is 1. The molecule has 27 heavy (non-hydrogen) atoms. The Balaban J connectivity index is 1.72. The quantitative estimate of drug-likeness (QED) is 0.498. The SMILES string of the molecule is CCCC(CC)c1ccc(NC(=O)OCCCC2=CN=C(C)C=CC2)cc1. The number of amides is 1. The van der Waals surface area contributed by atoms with Gasteiger partial charge < -0.3 is 4.74 Å². The van der Waals surface area contributed by atoms with Crippen LogP contribution in [0.5, 0.6) is 0 Å². The zero-order valence-electron chi connectivity index (χ0n) is 16.8. The van der Waals surface area contributed by atoms with E-state index in [0.717, 1.165) is 37.1 Å². The highest BCUT2D eigenvalue weighted by molar-refractivity contribution is 5.93. The van der Waals surface area contributed by atoms with Crippen molar-refractivity contribution in [2.24, 2.45) is 4.99 Å². The van der Waals surface area contributed by atoms with E-state index in [1.54, 1.807) is 0 Å². The molecule has 4 heteroatoms. The van der Waals surface area contributed by atoms with Crippen molar-refractivity contribution in [2.75, 3.05) is 11.9 Å². The van der Waals surface area contributed by atoms with Crippen molar-refractivity contribution in [3.63, 3.8) is 0 Å². The Morgan fingerprint density at radius 3 is 2.74 bits per heavy atom. The minimum absolute atomic E-state index is 0.396. The molecule has 0 spiro atoms. The molecule has 1 aromatic rings. The van der Waals surface area contributed by atoms with Crippen molar-refractivity contribution in [1.29, 1.82) is 0 Å². The first-order valence-electron chi connectivity index (χ1n) is 10.0. The highest BCUT2D eigenvalue weighted by Crippen LogP contribution is 2.25. The summed E-state index contributed by atoms with van der Waals surface area (Å²) in [6.45, 7) is 6.83. The summed E-state index contributed by atoms with van der Waals surface area (Å²) in [7, 11) is 0. The molecule has 0 radical (unpaired) electrons. The number of rotatable bonds is 9. The van der Waals surface area contributed by atoms with Crippen molar-refractivity contribution >= 4 is 17.5 Å². The first kappa shape index (κ1) is 20.9. The van der Waals surface area contributed by atoms with Crippen LogP contribution in [0, 0.1) is 0 Å². The molecule has 0 aromatic heterocycles. The molecule has 1 unspecified atom stereocenters. The molecule has 0 aliphatic carbocycles. The van der Waals surface area contributed by atoms with Gasteiger partial charge in [-0.3, -0.25) is 10.3 Å². The molecule has 1 atom stereocenters. The second-order valence-electron chi connectivity index (χ2n) is 7.04. The maximum absolute atomic E-state index is 12.0. The number of hydrogen-bond acceptors (Lipinski definition) is 3. The van der Waals surface area contributed by atoms with E-state index in [1.807, 2.05) is 31.3 Å². The average molecular weight is 369 g/mol. The van der Waals surface area contributed by atoms with Crippen LogP contribution in [0.3, 0.4) is 0 Å². The summed E-state index contributed by atoms with van der Waals surface area (Å²) in [6.07, 6.45) is 11.8. The third-order valence-corrected chi connectivity index (χ3v) is 4.82. The van der Waals surface area contributed by atoms with Crippen LogP contribution < -0.4 is 5.32 Å². The molecule has 1 amide bonds. The largest absolute Gasteiger partial charge is 0.449 e. The van der Waals surface area contributed by atoms with Crippen LogP contribution >= 0.6 is 0 Å².